The lowest BCUT2D eigenvalue weighted by Gasteiger charge is -2.07. The number of hydrogen-bond donors (Lipinski definition) is 0. The van der Waals surface area contributed by atoms with Gasteiger partial charge in [0.1, 0.15) is 6.10 Å². The van der Waals surface area contributed by atoms with Crippen LogP contribution in [0.3, 0.4) is 0 Å². The predicted octanol–water partition coefficient (Wildman–Crippen LogP) is 2.88. The summed E-state index contributed by atoms with van der Waals surface area (Å²) in [5.41, 5.74) is 2.33. The quantitative estimate of drug-likeness (QED) is 0.620. The van der Waals surface area contributed by atoms with Crippen LogP contribution in [-0.4, -0.2) is 37.5 Å². The minimum Gasteiger partial charge on any atom is -0.455 e. The molecule has 1 unspecified atom stereocenters. The summed E-state index contributed by atoms with van der Waals surface area (Å²) in [6.07, 6.45) is 2.55. The van der Waals surface area contributed by atoms with Crippen molar-refractivity contribution in [2.24, 2.45) is 0 Å². The number of ether oxygens (including phenoxy) is 1. The lowest BCUT2D eigenvalue weighted by Crippen LogP contribution is -2.06. The van der Waals surface area contributed by atoms with Crippen LogP contribution in [0.5, 0.6) is 0 Å². The van der Waals surface area contributed by atoms with Crippen molar-refractivity contribution >= 4 is 23.3 Å². The van der Waals surface area contributed by atoms with E-state index in [9.17, 15) is 4.79 Å². The van der Waals surface area contributed by atoms with Crippen LogP contribution in [0.25, 0.3) is 11.3 Å². The van der Waals surface area contributed by atoms with Gasteiger partial charge in [0.05, 0.1) is 11.3 Å². The van der Waals surface area contributed by atoms with E-state index in [2.05, 4.69) is 29.4 Å². The number of cyclic esters (lactones) is 1. The molecule has 0 saturated heterocycles. The van der Waals surface area contributed by atoms with Gasteiger partial charge in [-0.05, 0) is 40.6 Å². The van der Waals surface area contributed by atoms with E-state index in [1.807, 2.05) is 37.3 Å². The molecule has 120 valence electrons. The van der Waals surface area contributed by atoms with Gasteiger partial charge in [-0.3, -0.25) is 0 Å². The molecule has 1 atom stereocenters. The number of carbonyl (C=O) groups excluding carboxylic acids is 1. The van der Waals surface area contributed by atoms with E-state index < -0.39 is 0 Å². The molecule has 2 aromatic rings. The smallest absolute Gasteiger partial charge is 0.339 e. The molecule has 2 heterocycles. The molecule has 1 aliphatic rings. The summed E-state index contributed by atoms with van der Waals surface area (Å²) in [7, 11) is 0. The molecule has 7 heteroatoms. The molecule has 0 radical (unpaired) electrons. The van der Waals surface area contributed by atoms with E-state index in [0.717, 1.165) is 22.8 Å². The second-order valence-corrected chi connectivity index (χ2v) is 7.06. The fourth-order valence-electron chi connectivity index (χ4n) is 2.31. The number of esters is 1. The molecule has 1 aromatic carbocycles. The number of hydrogen-bond acceptors (Lipinski definition) is 6. The van der Waals surface area contributed by atoms with Crippen molar-refractivity contribution < 1.29 is 9.53 Å². The Morgan fingerprint density at radius 2 is 2.04 bits per heavy atom. The Bertz CT molecular complexity index is 737. The van der Waals surface area contributed by atoms with E-state index in [1.54, 1.807) is 16.4 Å². The number of thioether (sulfide) groups is 1. The highest BCUT2D eigenvalue weighted by atomic mass is 32.2. The highest BCUT2D eigenvalue weighted by Crippen LogP contribution is 2.27. The molecule has 0 fully saturated rings. The van der Waals surface area contributed by atoms with Gasteiger partial charge in [0.25, 0.3) is 0 Å². The van der Waals surface area contributed by atoms with Gasteiger partial charge in [-0.15, -0.1) is 5.10 Å². The molecule has 0 aliphatic carbocycles. The zero-order chi connectivity index (χ0) is 16.4. The van der Waals surface area contributed by atoms with Crippen LogP contribution in [0.2, 0.25) is 0 Å². The lowest BCUT2D eigenvalue weighted by molar-refractivity contribution is -0.137. The number of nitrogens with zero attached hydrogens (tertiary/aromatic N) is 4. The van der Waals surface area contributed by atoms with Gasteiger partial charge in [-0.2, -0.15) is 4.68 Å². The zero-order valence-electron chi connectivity index (χ0n) is 13.3. The van der Waals surface area contributed by atoms with Crippen molar-refractivity contribution in [2.45, 2.75) is 43.7 Å². The third-order valence-corrected chi connectivity index (χ3v) is 4.37. The zero-order valence-corrected chi connectivity index (χ0v) is 14.1. The van der Waals surface area contributed by atoms with Crippen LogP contribution in [0.15, 0.2) is 35.5 Å². The average molecular weight is 330 g/mol. The molecule has 0 N–H and O–H groups in total. The second kappa shape index (κ2) is 6.54. The van der Waals surface area contributed by atoms with Crippen molar-refractivity contribution in [2.75, 3.05) is 0 Å². The van der Waals surface area contributed by atoms with Crippen LogP contribution < -0.4 is 0 Å². The summed E-state index contributed by atoms with van der Waals surface area (Å²) < 4.78 is 6.97. The SMILES string of the molecule is CCC1C=C(c2ccc(-n3nnnc3SC(C)C)cc2)C(=O)O1. The van der Waals surface area contributed by atoms with Crippen molar-refractivity contribution in [3.8, 4) is 5.69 Å². The fourth-order valence-corrected chi connectivity index (χ4v) is 3.06. The first-order valence-electron chi connectivity index (χ1n) is 7.57. The Hall–Kier alpha value is -2.15. The van der Waals surface area contributed by atoms with Gasteiger partial charge < -0.3 is 4.74 Å². The molecule has 0 bridgehead atoms. The van der Waals surface area contributed by atoms with Crippen LogP contribution in [0.1, 0.15) is 32.8 Å². The van der Waals surface area contributed by atoms with Crippen LogP contribution >= 0.6 is 11.8 Å². The maximum atomic E-state index is 11.9. The minimum atomic E-state index is -0.261. The minimum absolute atomic E-state index is 0.120. The number of rotatable bonds is 5. The first kappa shape index (κ1) is 15.7. The lowest BCUT2D eigenvalue weighted by atomic mass is 10.1. The number of aromatic nitrogens is 4. The van der Waals surface area contributed by atoms with Gasteiger partial charge in [-0.25, -0.2) is 4.79 Å². The van der Waals surface area contributed by atoms with Crippen molar-refractivity contribution in [3.05, 3.63) is 35.9 Å². The standard InChI is InChI=1S/C16H18N4O2S/c1-4-13-9-14(15(21)22-13)11-5-7-12(8-6-11)20-16(17-18-19-20)23-10(2)3/h5-10,13H,4H2,1-3H3. The molecule has 1 aliphatic heterocycles. The van der Waals surface area contributed by atoms with E-state index in [0.29, 0.717) is 10.8 Å². The van der Waals surface area contributed by atoms with Gasteiger partial charge in [0.15, 0.2) is 0 Å². The Labute approximate surface area is 138 Å². The van der Waals surface area contributed by atoms with E-state index in [1.165, 1.54) is 0 Å². The third-order valence-electron chi connectivity index (χ3n) is 3.44. The summed E-state index contributed by atoms with van der Waals surface area (Å²) in [5.74, 6) is -0.261. The monoisotopic (exact) mass is 330 g/mol. The Morgan fingerprint density at radius 1 is 1.30 bits per heavy atom. The second-order valence-electron chi connectivity index (χ2n) is 5.52. The van der Waals surface area contributed by atoms with Crippen LogP contribution in [0, 0.1) is 0 Å². The summed E-state index contributed by atoms with van der Waals surface area (Å²) in [6.45, 7) is 6.18. The van der Waals surface area contributed by atoms with Gasteiger partial charge >= 0.3 is 5.97 Å². The molecule has 0 saturated carbocycles. The van der Waals surface area contributed by atoms with Crippen molar-refractivity contribution in [3.63, 3.8) is 0 Å². The molecule has 6 nitrogen and oxygen atoms in total. The fraction of sp³-hybridized carbons (Fsp3) is 0.375. The number of tetrazole rings is 1. The maximum absolute atomic E-state index is 11.9. The largest absolute Gasteiger partial charge is 0.455 e. The highest BCUT2D eigenvalue weighted by Gasteiger charge is 2.25. The van der Waals surface area contributed by atoms with Crippen molar-refractivity contribution in [1.82, 2.24) is 20.2 Å². The topological polar surface area (TPSA) is 69.9 Å². The molecular weight excluding hydrogens is 312 g/mol. The van der Waals surface area contributed by atoms with Gasteiger partial charge in [-0.1, -0.05) is 44.7 Å². The van der Waals surface area contributed by atoms with E-state index >= 15 is 0 Å². The van der Waals surface area contributed by atoms with Gasteiger partial charge in [0.2, 0.25) is 5.16 Å². The number of carbonyl (C=O) groups is 1. The summed E-state index contributed by atoms with van der Waals surface area (Å²) >= 11 is 1.60. The Balaban J connectivity index is 1.86. The third kappa shape index (κ3) is 3.29. The maximum Gasteiger partial charge on any atom is 0.339 e. The Kier molecular flexibility index (Phi) is 4.47. The molecule has 3 rings (SSSR count). The molecule has 0 spiro atoms. The molecule has 1 aromatic heterocycles. The summed E-state index contributed by atoms with van der Waals surface area (Å²) in [5, 5.41) is 13.0. The summed E-state index contributed by atoms with van der Waals surface area (Å²) in [6, 6.07) is 7.60. The summed E-state index contributed by atoms with van der Waals surface area (Å²) in [4.78, 5) is 11.9. The number of benzene rings is 1. The normalized spacial score (nSPS) is 17.5. The average Bonchev–Trinajstić information content (AvgIpc) is 3.13. The van der Waals surface area contributed by atoms with Gasteiger partial charge in [0, 0.05) is 5.25 Å². The van der Waals surface area contributed by atoms with E-state index in [4.69, 9.17) is 4.74 Å². The Morgan fingerprint density at radius 3 is 2.65 bits per heavy atom. The van der Waals surface area contributed by atoms with Crippen LogP contribution in [-0.2, 0) is 9.53 Å². The first-order valence-corrected chi connectivity index (χ1v) is 8.45. The highest BCUT2D eigenvalue weighted by molar-refractivity contribution is 7.99. The molecular formula is C16H18N4O2S. The molecule has 0 amide bonds. The van der Waals surface area contributed by atoms with Crippen molar-refractivity contribution in [1.29, 1.82) is 0 Å². The van der Waals surface area contributed by atoms with E-state index in [-0.39, 0.29) is 12.1 Å². The predicted molar refractivity (Wildman–Crippen MR) is 88.3 cm³/mol. The molecule has 23 heavy (non-hydrogen) atoms. The first-order chi connectivity index (χ1) is 11.1. The van der Waals surface area contributed by atoms with Crippen LogP contribution in [0.4, 0.5) is 0 Å².